The van der Waals surface area contributed by atoms with Crippen molar-refractivity contribution in [2.75, 3.05) is 18.5 Å². The summed E-state index contributed by atoms with van der Waals surface area (Å²) in [5, 5.41) is 11.4. The monoisotopic (exact) mass is 371 g/mol. The highest BCUT2D eigenvalue weighted by molar-refractivity contribution is 5.92. The number of rotatable bonds is 8. The first-order valence-corrected chi connectivity index (χ1v) is 8.74. The fraction of sp³-hybridized carbons (Fsp3) is 0.333. The molecular weight excluding hydrogens is 346 g/mol. The van der Waals surface area contributed by atoms with Crippen molar-refractivity contribution >= 4 is 17.6 Å². The molecule has 0 atom stereocenters. The van der Waals surface area contributed by atoms with Gasteiger partial charge < -0.3 is 19.9 Å². The number of nitrogens with one attached hydrogen (secondary N) is 1. The van der Waals surface area contributed by atoms with Gasteiger partial charge in [-0.15, -0.1) is 0 Å². The molecule has 6 nitrogen and oxygen atoms in total. The highest BCUT2D eigenvalue weighted by atomic mass is 16.5. The quantitative estimate of drug-likeness (QED) is 0.735. The van der Waals surface area contributed by atoms with Gasteiger partial charge in [-0.1, -0.05) is 26.0 Å². The zero-order chi connectivity index (χ0) is 20.0. The van der Waals surface area contributed by atoms with Crippen molar-refractivity contribution in [1.29, 1.82) is 0 Å². The molecule has 0 saturated carbocycles. The minimum Gasteiger partial charge on any atom is -0.483 e. The molecule has 0 unspecified atom stereocenters. The van der Waals surface area contributed by atoms with Gasteiger partial charge in [0, 0.05) is 5.69 Å². The molecule has 0 fully saturated rings. The Bertz CT molecular complexity index is 829. The number of hydrogen-bond donors (Lipinski definition) is 2. The first-order valence-electron chi connectivity index (χ1n) is 8.74. The van der Waals surface area contributed by atoms with Gasteiger partial charge in [-0.2, -0.15) is 0 Å². The Hall–Kier alpha value is -3.02. The predicted octanol–water partition coefficient (Wildman–Crippen LogP) is 3.91. The molecule has 27 heavy (non-hydrogen) atoms. The largest absolute Gasteiger partial charge is 0.483 e. The van der Waals surface area contributed by atoms with E-state index in [1.54, 1.807) is 18.2 Å². The number of hydrogen-bond acceptors (Lipinski definition) is 4. The zero-order valence-electron chi connectivity index (χ0n) is 16.0. The number of anilines is 1. The van der Waals surface area contributed by atoms with Crippen LogP contribution in [0.5, 0.6) is 11.5 Å². The van der Waals surface area contributed by atoms with Crippen LogP contribution in [-0.2, 0) is 9.59 Å². The van der Waals surface area contributed by atoms with E-state index in [1.165, 1.54) is 0 Å². The molecular formula is C21H25NO5. The molecule has 0 aliphatic rings. The van der Waals surface area contributed by atoms with Crippen LogP contribution >= 0.6 is 0 Å². The topological polar surface area (TPSA) is 84.9 Å². The standard InChI is InChI=1S/C21H25NO5/c1-13(2)17-7-5-14(3)9-19(17)27-11-20(23)22-18-8-6-16(10-15(18)4)26-12-21(24)25/h5-10,13H,11-12H2,1-4H3,(H,22,23)(H,24,25). The van der Waals surface area contributed by atoms with Gasteiger partial charge in [-0.3, -0.25) is 4.79 Å². The summed E-state index contributed by atoms with van der Waals surface area (Å²) in [5.41, 5.74) is 3.52. The molecule has 0 aliphatic carbocycles. The van der Waals surface area contributed by atoms with Crippen molar-refractivity contribution in [2.45, 2.75) is 33.6 Å². The number of benzene rings is 2. The van der Waals surface area contributed by atoms with Crippen LogP contribution in [0, 0.1) is 13.8 Å². The second-order valence-corrected chi connectivity index (χ2v) is 6.69. The summed E-state index contributed by atoms with van der Waals surface area (Å²) in [7, 11) is 0. The molecule has 2 N–H and O–H groups in total. The summed E-state index contributed by atoms with van der Waals surface area (Å²) in [6.07, 6.45) is 0. The molecule has 2 aromatic rings. The Morgan fingerprint density at radius 1 is 1.04 bits per heavy atom. The Morgan fingerprint density at radius 2 is 1.78 bits per heavy atom. The van der Waals surface area contributed by atoms with Crippen molar-refractivity contribution in [2.24, 2.45) is 0 Å². The number of aliphatic carboxylic acids is 1. The number of carbonyl (C=O) groups is 2. The normalized spacial score (nSPS) is 10.6. The Morgan fingerprint density at radius 3 is 2.41 bits per heavy atom. The number of aryl methyl sites for hydroxylation is 2. The van der Waals surface area contributed by atoms with Gasteiger partial charge in [0.05, 0.1) is 0 Å². The summed E-state index contributed by atoms with van der Waals surface area (Å²) in [6, 6.07) is 11.0. The SMILES string of the molecule is Cc1ccc(C(C)C)c(OCC(=O)Nc2ccc(OCC(=O)O)cc2C)c1. The molecule has 0 heterocycles. The summed E-state index contributed by atoms with van der Waals surface area (Å²) >= 11 is 0. The number of ether oxygens (including phenoxy) is 2. The van der Waals surface area contributed by atoms with E-state index >= 15 is 0 Å². The fourth-order valence-electron chi connectivity index (χ4n) is 2.58. The number of carboxylic acid groups (broad SMARTS) is 1. The molecule has 2 aromatic carbocycles. The van der Waals surface area contributed by atoms with Crippen LogP contribution in [0.2, 0.25) is 0 Å². The highest BCUT2D eigenvalue weighted by Gasteiger charge is 2.11. The molecule has 0 aliphatic heterocycles. The van der Waals surface area contributed by atoms with E-state index in [-0.39, 0.29) is 12.5 Å². The van der Waals surface area contributed by atoms with Gasteiger partial charge in [-0.25, -0.2) is 4.79 Å². The third kappa shape index (κ3) is 6.02. The van der Waals surface area contributed by atoms with Crippen molar-refractivity contribution < 1.29 is 24.2 Å². The second kappa shape index (κ2) is 9.07. The summed E-state index contributed by atoms with van der Waals surface area (Å²) in [4.78, 5) is 22.8. The Labute approximate surface area is 159 Å². The molecule has 0 bridgehead atoms. The maximum atomic E-state index is 12.3. The smallest absolute Gasteiger partial charge is 0.341 e. The Balaban J connectivity index is 1.98. The summed E-state index contributed by atoms with van der Waals surface area (Å²) in [6.45, 7) is 7.44. The second-order valence-electron chi connectivity index (χ2n) is 6.69. The van der Waals surface area contributed by atoms with Crippen LogP contribution < -0.4 is 14.8 Å². The lowest BCUT2D eigenvalue weighted by molar-refractivity contribution is -0.139. The lowest BCUT2D eigenvalue weighted by Crippen LogP contribution is -2.21. The fourth-order valence-corrected chi connectivity index (χ4v) is 2.58. The zero-order valence-corrected chi connectivity index (χ0v) is 16.0. The molecule has 2 rings (SSSR count). The van der Waals surface area contributed by atoms with Crippen molar-refractivity contribution in [1.82, 2.24) is 0 Å². The van der Waals surface area contributed by atoms with Gasteiger partial charge in [-0.05, 0) is 60.7 Å². The molecule has 0 spiro atoms. The van der Waals surface area contributed by atoms with Gasteiger partial charge in [0.25, 0.3) is 5.91 Å². The van der Waals surface area contributed by atoms with Crippen molar-refractivity contribution in [3.63, 3.8) is 0 Å². The maximum absolute atomic E-state index is 12.3. The van der Waals surface area contributed by atoms with Gasteiger partial charge in [0.2, 0.25) is 0 Å². The summed E-state index contributed by atoms with van der Waals surface area (Å²) < 4.78 is 10.9. The van der Waals surface area contributed by atoms with Gasteiger partial charge in [0.15, 0.2) is 13.2 Å². The van der Waals surface area contributed by atoms with Crippen LogP contribution in [0.15, 0.2) is 36.4 Å². The van der Waals surface area contributed by atoms with Crippen LogP contribution in [-0.4, -0.2) is 30.2 Å². The molecule has 6 heteroatoms. The molecule has 0 radical (unpaired) electrons. The van der Waals surface area contributed by atoms with E-state index in [1.807, 2.05) is 32.0 Å². The van der Waals surface area contributed by atoms with E-state index < -0.39 is 12.6 Å². The predicted molar refractivity (Wildman–Crippen MR) is 104 cm³/mol. The first-order chi connectivity index (χ1) is 12.8. The average Bonchev–Trinajstić information content (AvgIpc) is 2.60. The number of carboxylic acids is 1. The third-order valence-corrected chi connectivity index (χ3v) is 3.98. The van der Waals surface area contributed by atoms with Gasteiger partial charge in [0.1, 0.15) is 11.5 Å². The Kier molecular flexibility index (Phi) is 6.82. The van der Waals surface area contributed by atoms with Crippen LogP contribution in [0.4, 0.5) is 5.69 Å². The van der Waals surface area contributed by atoms with Gasteiger partial charge >= 0.3 is 5.97 Å². The third-order valence-electron chi connectivity index (χ3n) is 3.98. The van der Waals surface area contributed by atoms with E-state index in [2.05, 4.69) is 19.2 Å². The van der Waals surface area contributed by atoms with Crippen molar-refractivity contribution in [3.05, 3.63) is 53.1 Å². The molecule has 1 amide bonds. The molecule has 0 aromatic heterocycles. The number of carbonyl (C=O) groups excluding carboxylic acids is 1. The lowest BCUT2D eigenvalue weighted by Gasteiger charge is -2.15. The summed E-state index contributed by atoms with van der Waals surface area (Å²) in [5.74, 6) is 0.136. The van der Waals surface area contributed by atoms with E-state index in [0.29, 0.717) is 23.1 Å². The van der Waals surface area contributed by atoms with E-state index in [9.17, 15) is 9.59 Å². The van der Waals surface area contributed by atoms with E-state index in [0.717, 1.165) is 16.7 Å². The first kappa shape index (κ1) is 20.3. The maximum Gasteiger partial charge on any atom is 0.341 e. The highest BCUT2D eigenvalue weighted by Crippen LogP contribution is 2.27. The van der Waals surface area contributed by atoms with Crippen LogP contribution in [0.1, 0.15) is 36.5 Å². The molecule has 0 saturated heterocycles. The van der Waals surface area contributed by atoms with E-state index in [4.69, 9.17) is 14.6 Å². The van der Waals surface area contributed by atoms with Crippen LogP contribution in [0.3, 0.4) is 0 Å². The lowest BCUT2D eigenvalue weighted by atomic mass is 10.0. The minimum absolute atomic E-state index is 0.0973. The average molecular weight is 371 g/mol. The number of amides is 1. The minimum atomic E-state index is -1.04. The van der Waals surface area contributed by atoms with Crippen LogP contribution in [0.25, 0.3) is 0 Å². The molecule has 144 valence electrons. The van der Waals surface area contributed by atoms with Crippen molar-refractivity contribution in [3.8, 4) is 11.5 Å².